The normalized spacial score (nSPS) is 15.2. The van der Waals surface area contributed by atoms with Crippen LogP contribution in [0, 0.1) is 5.92 Å². The van der Waals surface area contributed by atoms with Crippen LogP contribution in [0.3, 0.4) is 0 Å². The van der Waals surface area contributed by atoms with E-state index in [1.807, 2.05) is 40.6 Å². The number of hydrogen-bond donors (Lipinski definition) is 0. The quantitative estimate of drug-likeness (QED) is 0.426. The molecule has 4 rings (SSSR count). The Morgan fingerprint density at radius 1 is 1.28 bits per heavy atom. The molecule has 152 valence electrons. The van der Waals surface area contributed by atoms with Crippen molar-refractivity contribution in [3.05, 3.63) is 56.7 Å². The minimum Gasteiger partial charge on any atom is -0.342 e. The molecular weight excluding hydrogens is 426 g/mol. The molecule has 0 aliphatic carbocycles. The highest BCUT2D eigenvalue weighted by molar-refractivity contribution is 7.99. The minimum absolute atomic E-state index is 0.0910. The second-order valence-electron chi connectivity index (χ2n) is 7.36. The fraction of sp³-hybridized carbons (Fsp3) is 0.381. The molecular formula is C21H22ClN3O2S2. The molecule has 29 heavy (non-hydrogen) atoms. The summed E-state index contributed by atoms with van der Waals surface area (Å²) in [5, 5.41) is 3.03. The molecule has 0 bridgehead atoms. The van der Waals surface area contributed by atoms with Crippen LogP contribution in [0.5, 0.6) is 0 Å². The Morgan fingerprint density at radius 3 is 2.79 bits per heavy atom. The van der Waals surface area contributed by atoms with E-state index in [0.717, 1.165) is 31.5 Å². The fourth-order valence-electron chi connectivity index (χ4n) is 3.45. The van der Waals surface area contributed by atoms with Crippen molar-refractivity contribution in [2.75, 3.05) is 18.8 Å². The van der Waals surface area contributed by atoms with Gasteiger partial charge in [0.05, 0.1) is 17.8 Å². The SMILES string of the molecule is CC1CCN(C(=O)CSc2nc3ccsc3c(=O)n2Cc2ccccc2Cl)CC1. The first-order valence-corrected chi connectivity index (χ1v) is 11.9. The van der Waals surface area contributed by atoms with Crippen LogP contribution in [-0.2, 0) is 11.3 Å². The van der Waals surface area contributed by atoms with Gasteiger partial charge in [-0.2, -0.15) is 0 Å². The van der Waals surface area contributed by atoms with Gasteiger partial charge in [-0.25, -0.2) is 4.98 Å². The van der Waals surface area contributed by atoms with Crippen molar-refractivity contribution in [2.24, 2.45) is 5.92 Å². The molecule has 0 N–H and O–H groups in total. The molecule has 0 radical (unpaired) electrons. The van der Waals surface area contributed by atoms with E-state index in [0.29, 0.717) is 32.9 Å². The number of carbonyl (C=O) groups is 1. The topological polar surface area (TPSA) is 55.2 Å². The number of amides is 1. The third-order valence-corrected chi connectivity index (χ3v) is 7.50. The van der Waals surface area contributed by atoms with Crippen molar-refractivity contribution in [3.63, 3.8) is 0 Å². The van der Waals surface area contributed by atoms with E-state index < -0.39 is 0 Å². The van der Waals surface area contributed by atoms with Gasteiger partial charge in [0, 0.05) is 18.1 Å². The average molecular weight is 448 g/mol. The monoisotopic (exact) mass is 447 g/mol. The van der Waals surface area contributed by atoms with Gasteiger partial charge < -0.3 is 4.90 Å². The molecule has 1 saturated heterocycles. The van der Waals surface area contributed by atoms with E-state index in [2.05, 4.69) is 11.9 Å². The summed E-state index contributed by atoms with van der Waals surface area (Å²) in [6.07, 6.45) is 2.10. The Bertz CT molecular complexity index is 1090. The Hall–Kier alpha value is -1.83. The molecule has 3 heterocycles. The minimum atomic E-state index is -0.0910. The number of halogens is 1. The number of nitrogens with zero attached hydrogens (tertiary/aromatic N) is 3. The van der Waals surface area contributed by atoms with Gasteiger partial charge >= 0.3 is 0 Å². The Balaban J connectivity index is 1.60. The number of likely N-dealkylation sites (tertiary alicyclic amines) is 1. The van der Waals surface area contributed by atoms with Gasteiger partial charge in [0.15, 0.2) is 5.16 Å². The van der Waals surface area contributed by atoms with Crippen molar-refractivity contribution in [1.29, 1.82) is 0 Å². The number of thiophene rings is 1. The Morgan fingerprint density at radius 2 is 2.03 bits per heavy atom. The zero-order valence-electron chi connectivity index (χ0n) is 16.1. The highest BCUT2D eigenvalue weighted by Gasteiger charge is 2.21. The van der Waals surface area contributed by atoms with E-state index in [1.165, 1.54) is 23.1 Å². The molecule has 0 saturated carbocycles. The number of benzene rings is 1. The third kappa shape index (κ3) is 4.52. The maximum Gasteiger partial charge on any atom is 0.272 e. The van der Waals surface area contributed by atoms with E-state index in [1.54, 1.807) is 4.57 Å². The van der Waals surface area contributed by atoms with Crippen LogP contribution in [-0.4, -0.2) is 39.2 Å². The number of rotatable bonds is 5. The van der Waals surface area contributed by atoms with Crippen LogP contribution >= 0.6 is 34.7 Å². The molecule has 3 aromatic rings. The molecule has 1 amide bonds. The van der Waals surface area contributed by atoms with Gasteiger partial charge in [-0.1, -0.05) is 48.5 Å². The second kappa shape index (κ2) is 8.90. The molecule has 1 aliphatic heterocycles. The zero-order valence-corrected chi connectivity index (χ0v) is 18.5. The highest BCUT2D eigenvalue weighted by Crippen LogP contribution is 2.24. The van der Waals surface area contributed by atoms with E-state index in [4.69, 9.17) is 11.6 Å². The largest absolute Gasteiger partial charge is 0.342 e. The van der Waals surface area contributed by atoms with E-state index in [9.17, 15) is 9.59 Å². The molecule has 1 aliphatic rings. The predicted molar refractivity (Wildman–Crippen MR) is 120 cm³/mol. The van der Waals surface area contributed by atoms with Crippen molar-refractivity contribution in [3.8, 4) is 0 Å². The first kappa shape index (κ1) is 20.4. The predicted octanol–water partition coefficient (Wildman–Crippen LogP) is 4.51. The van der Waals surface area contributed by atoms with Crippen LogP contribution < -0.4 is 5.56 Å². The molecule has 8 heteroatoms. The maximum absolute atomic E-state index is 13.1. The lowest BCUT2D eigenvalue weighted by Gasteiger charge is -2.30. The first-order chi connectivity index (χ1) is 14.0. The number of piperidine rings is 1. The lowest BCUT2D eigenvalue weighted by molar-refractivity contribution is -0.129. The number of carbonyl (C=O) groups excluding carboxylic acids is 1. The van der Waals surface area contributed by atoms with Gasteiger partial charge in [-0.15, -0.1) is 11.3 Å². The average Bonchev–Trinajstić information content (AvgIpc) is 3.19. The number of thioether (sulfide) groups is 1. The lowest BCUT2D eigenvalue weighted by atomic mass is 9.99. The van der Waals surface area contributed by atoms with Crippen LogP contribution in [0.1, 0.15) is 25.3 Å². The van der Waals surface area contributed by atoms with Crippen molar-refractivity contribution >= 4 is 50.8 Å². The fourth-order valence-corrected chi connectivity index (χ4v) is 5.32. The number of fused-ring (bicyclic) bond motifs is 1. The summed E-state index contributed by atoms with van der Waals surface area (Å²) in [7, 11) is 0. The molecule has 2 aromatic heterocycles. The summed E-state index contributed by atoms with van der Waals surface area (Å²) in [5.41, 5.74) is 1.44. The number of aromatic nitrogens is 2. The molecule has 1 fully saturated rings. The molecule has 0 atom stereocenters. The number of hydrogen-bond acceptors (Lipinski definition) is 5. The Kier molecular flexibility index (Phi) is 6.27. The van der Waals surface area contributed by atoms with Crippen molar-refractivity contribution < 1.29 is 4.79 Å². The van der Waals surface area contributed by atoms with E-state index >= 15 is 0 Å². The van der Waals surface area contributed by atoms with Crippen LogP contribution in [0.2, 0.25) is 5.02 Å². The summed E-state index contributed by atoms with van der Waals surface area (Å²) >= 11 is 9.03. The van der Waals surface area contributed by atoms with Crippen LogP contribution in [0.25, 0.3) is 10.2 Å². The van der Waals surface area contributed by atoms with E-state index in [-0.39, 0.29) is 17.2 Å². The standard InChI is InChI=1S/C21H22ClN3O2S2/c1-14-6-9-24(10-7-14)18(26)13-29-21-23-17-8-11-28-19(17)20(27)25(21)12-15-4-2-3-5-16(15)22/h2-5,8,11,14H,6-7,9-10,12-13H2,1H3. The van der Waals surface area contributed by atoms with Gasteiger partial charge in [-0.3, -0.25) is 14.2 Å². The first-order valence-electron chi connectivity index (χ1n) is 9.65. The highest BCUT2D eigenvalue weighted by atomic mass is 35.5. The summed E-state index contributed by atoms with van der Waals surface area (Å²) < 4.78 is 2.26. The summed E-state index contributed by atoms with van der Waals surface area (Å²) in [5.74, 6) is 1.06. The zero-order chi connectivity index (χ0) is 20.4. The van der Waals surface area contributed by atoms with Crippen LogP contribution in [0.15, 0.2) is 45.7 Å². The third-order valence-electron chi connectivity index (χ3n) is 5.28. The van der Waals surface area contributed by atoms with Crippen molar-refractivity contribution in [1.82, 2.24) is 14.5 Å². The van der Waals surface area contributed by atoms with Gasteiger partial charge in [0.25, 0.3) is 5.56 Å². The summed E-state index contributed by atoms with van der Waals surface area (Å²) in [4.78, 5) is 32.4. The van der Waals surface area contributed by atoms with Gasteiger partial charge in [0.2, 0.25) is 5.91 Å². The lowest BCUT2D eigenvalue weighted by Crippen LogP contribution is -2.39. The molecule has 1 aromatic carbocycles. The molecule has 0 spiro atoms. The molecule has 5 nitrogen and oxygen atoms in total. The van der Waals surface area contributed by atoms with Crippen molar-refractivity contribution in [2.45, 2.75) is 31.5 Å². The van der Waals surface area contributed by atoms with Gasteiger partial charge in [0.1, 0.15) is 4.70 Å². The maximum atomic E-state index is 13.1. The van der Waals surface area contributed by atoms with Crippen LogP contribution in [0.4, 0.5) is 0 Å². The van der Waals surface area contributed by atoms with Gasteiger partial charge in [-0.05, 0) is 41.8 Å². The smallest absolute Gasteiger partial charge is 0.272 e. The Labute approximate surface area is 182 Å². The summed E-state index contributed by atoms with van der Waals surface area (Å²) in [6.45, 7) is 4.18. The molecule has 0 unspecified atom stereocenters. The summed E-state index contributed by atoms with van der Waals surface area (Å²) in [6, 6.07) is 9.33. The second-order valence-corrected chi connectivity index (χ2v) is 9.63.